The van der Waals surface area contributed by atoms with Crippen LogP contribution in [0, 0.1) is 11.8 Å². The Morgan fingerprint density at radius 2 is 2.04 bits per heavy atom. The minimum absolute atomic E-state index is 0.0172. The summed E-state index contributed by atoms with van der Waals surface area (Å²) < 4.78 is 21.8. The fourth-order valence-electron chi connectivity index (χ4n) is 2.51. The molecule has 1 aliphatic heterocycles. The highest BCUT2D eigenvalue weighted by Crippen LogP contribution is 2.29. The minimum Gasteiger partial charge on any atom is -0.480 e. The maximum Gasteiger partial charge on any atom is 0.324 e. The maximum atomic E-state index is 11.9. The summed E-state index contributed by atoms with van der Waals surface area (Å²) >= 11 is 0. The summed E-state index contributed by atoms with van der Waals surface area (Å²) in [4.78, 5) is 16.7. The van der Waals surface area contributed by atoms with E-state index in [1.165, 1.54) is 6.92 Å². The van der Waals surface area contributed by atoms with E-state index in [2.05, 4.69) is 17.0 Å². The first-order valence-electron chi connectivity index (χ1n) is 8.03. The predicted molar refractivity (Wildman–Crippen MR) is 96.6 cm³/mol. The van der Waals surface area contributed by atoms with Gasteiger partial charge in [0.1, 0.15) is 6.10 Å². The second-order valence-electron chi connectivity index (χ2n) is 6.33. The lowest BCUT2D eigenvalue weighted by molar-refractivity contribution is -0.140. The maximum absolute atomic E-state index is 11.9. The quantitative estimate of drug-likeness (QED) is 0.718. The van der Waals surface area contributed by atoms with Crippen molar-refractivity contribution in [3.8, 4) is 11.8 Å². The number of rotatable bonds is 6. The Hall–Kier alpha value is -2.37. The van der Waals surface area contributed by atoms with E-state index in [-0.39, 0.29) is 13.0 Å². The lowest BCUT2D eigenvalue weighted by Crippen LogP contribution is -2.45. The van der Waals surface area contributed by atoms with Crippen LogP contribution in [0.25, 0.3) is 0 Å². The number of carbonyl (C=O) groups is 1. The van der Waals surface area contributed by atoms with Crippen LogP contribution in [0.5, 0.6) is 0 Å². The zero-order chi connectivity index (χ0) is 19.4. The number of aliphatic carboxylic acids is 1. The molecule has 0 bridgehead atoms. The van der Waals surface area contributed by atoms with Crippen LogP contribution in [0.2, 0.25) is 0 Å². The molecule has 1 unspecified atom stereocenters. The normalized spacial score (nSPS) is 18.9. The standard InChI is InChI=1S/C18H21NO6S/c1-18(17(21)22,26(2,23)24)12-15-11-16(19-25-15)14-8-6-13(7-9-14)5-3-4-10-20/h6-9,15,20H,4,10-12H2,1-2H3,(H,21,22)/t15-,18?/m1/s1. The first-order valence-corrected chi connectivity index (χ1v) is 9.92. The molecule has 7 nitrogen and oxygen atoms in total. The number of aliphatic hydroxyl groups excluding tert-OH is 1. The van der Waals surface area contributed by atoms with E-state index in [9.17, 15) is 18.3 Å². The highest BCUT2D eigenvalue weighted by atomic mass is 32.2. The number of nitrogens with zero attached hydrogens (tertiary/aromatic N) is 1. The largest absolute Gasteiger partial charge is 0.480 e. The summed E-state index contributed by atoms with van der Waals surface area (Å²) in [6.07, 6.45) is 0.846. The Kier molecular flexibility index (Phi) is 6.05. The van der Waals surface area contributed by atoms with Gasteiger partial charge in [0, 0.05) is 31.1 Å². The van der Waals surface area contributed by atoms with E-state index in [4.69, 9.17) is 9.94 Å². The van der Waals surface area contributed by atoms with Crippen LogP contribution >= 0.6 is 0 Å². The molecule has 0 aliphatic carbocycles. The SMILES string of the molecule is CC(C[C@H]1CC(c2ccc(C#CCCO)cc2)=NO1)(C(=O)O)S(C)(=O)=O. The van der Waals surface area contributed by atoms with Crippen LogP contribution in [-0.4, -0.2) is 54.0 Å². The Labute approximate surface area is 152 Å². The van der Waals surface area contributed by atoms with E-state index in [0.29, 0.717) is 18.6 Å². The summed E-state index contributed by atoms with van der Waals surface area (Å²) in [6, 6.07) is 7.27. The summed E-state index contributed by atoms with van der Waals surface area (Å²) in [6.45, 7) is 1.20. The van der Waals surface area contributed by atoms with Crippen molar-refractivity contribution in [2.24, 2.45) is 5.16 Å². The monoisotopic (exact) mass is 379 g/mol. The second kappa shape index (κ2) is 7.89. The molecule has 2 N–H and O–H groups in total. The molecule has 0 spiro atoms. The van der Waals surface area contributed by atoms with Crippen molar-refractivity contribution in [1.29, 1.82) is 0 Å². The molecule has 140 valence electrons. The second-order valence-corrected chi connectivity index (χ2v) is 8.78. The molecule has 2 rings (SSSR count). The van der Waals surface area contributed by atoms with Gasteiger partial charge in [0.2, 0.25) is 0 Å². The van der Waals surface area contributed by atoms with Crippen molar-refractivity contribution < 1.29 is 28.3 Å². The predicted octanol–water partition coefficient (Wildman–Crippen LogP) is 1.19. The summed E-state index contributed by atoms with van der Waals surface area (Å²) in [5.41, 5.74) is 2.23. The molecule has 1 aliphatic rings. The fraction of sp³-hybridized carbons (Fsp3) is 0.444. The van der Waals surface area contributed by atoms with Gasteiger partial charge in [-0.3, -0.25) is 4.79 Å². The zero-order valence-corrected chi connectivity index (χ0v) is 15.4. The number of hydrogen-bond donors (Lipinski definition) is 2. The van der Waals surface area contributed by atoms with Gasteiger partial charge in [0.05, 0.1) is 12.3 Å². The van der Waals surface area contributed by atoms with Crippen LogP contribution in [0.4, 0.5) is 0 Å². The molecular formula is C18H21NO6S. The third-order valence-electron chi connectivity index (χ3n) is 4.31. The van der Waals surface area contributed by atoms with E-state index < -0.39 is 26.7 Å². The smallest absolute Gasteiger partial charge is 0.324 e. The van der Waals surface area contributed by atoms with Gasteiger partial charge in [0.25, 0.3) is 0 Å². The van der Waals surface area contributed by atoms with Crippen LogP contribution in [0.3, 0.4) is 0 Å². The number of oxime groups is 1. The number of benzene rings is 1. The number of aliphatic hydroxyl groups is 1. The molecule has 2 atom stereocenters. The highest BCUT2D eigenvalue weighted by Gasteiger charge is 2.47. The number of sulfone groups is 1. The molecule has 0 aromatic heterocycles. The number of hydrogen-bond acceptors (Lipinski definition) is 6. The summed E-state index contributed by atoms with van der Waals surface area (Å²) in [7, 11) is -3.81. The molecule has 26 heavy (non-hydrogen) atoms. The van der Waals surface area contributed by atoms with Gasteiger partial charge in [-0.05, 0) is 24.6 Å². The van der Waals surface area contributed by atoms with Gasteiger partial charge in [0.15, 0.2) is 14.6 Å². The first-order chi connectivity index (χ1) is 12.2. The molecule has 8 heteroatoms. The third-order valence-corrected chi connectivity index (χ3v) is 6.29. The Morgan fingerprint density at radius 3 is 2.58 bits per heavy atom. The minimum atomic E-state index is -3.81. The molecule has 0 saturated heterocycles. The van der Waals surface area contributed by atoms with Gasteiger partial charge >= 0.3 is 5.97 Å². The third kappa shape index (κ3) is 4.42. The topological polar surface area (TPSA) is 113 Å². The number of carboxylic acids is 1. The lowest BCUT2D eigenvalue weighted by atomic mass is 9.97. The van der Waals surface area contributed by atoms with Gasteiger partial charge in [-0.2, -0.15) is 0 Å². The molecule has 0 fully saturated rings. The van der Waals surface area contributed by atoms with Gasteiger partial charge in [-0.15, -0.1) is 0 Å². The van der Waals surface area contributed by atoms with Crippen LogP contribution in [-0.2, 0) is 19.5 Å². The van der Waals surface area contributed by atoms with Crippen LogP contribution in [0.1, 0.15) is 37.3 Å². The fourth-order valence-corrected chi connectivity index (χ4v) is 3.31. The van der Waals surface area contributed by atoms with E-state index in [0.717, 1.165) is 17.4 Å². The zero-order valence-electron chi connectivity index (χ0n) is 14.6. The van der Waals surface area contributed by atoms with E-state index in [1.54, 1.807) is 0 Å². The lowest BCUT2D eigenvalue weighted by Gasteiger charge is -2.24. The van der Waals surface area contributed by atoms with Gasteiger partial charge < -0.3 is 15.1 Å². The first kappa shape index (κ1) is 19.9. The van der Waals surface area contributed by atoms with Gasteiger partial charge in [-0.25, -0.2) is 8.42 Å². The van der Waals surface area contributed by atoms with Crippen molar-refractivity contribution in [3.63, 3.8) is 0 Å². The molecule has 1 aromatic carbocycles. The highest BCUT2D eigenvalue weighted by molar-refractivity contribution is 7.92. The molecule has 1 aromatic rings. The average Bonchev–Trinajstić information content (AvgIpc) is 3.03. The molecule has 0 amide bonds. The van der Waals surface area contributed by atoms with Crippen molar-refractivity contribution in [3.05, 3.63) is 35.4 Å². The molecule has 1 heterocycles. The number of carboxylic acid groups (broad SMARTS) is 1. The summed E-state index contributed by atoms with van der Waals surface area (Å²) in [5, 5.41) is 22.0. The Bertz CT molecular complexity index is 863. The Balaban J connectivity index is 2.06. The van der Waals surface area contributed by atoms with Gasteiger partial charge in [-0.1, -0.05) is 29.1 Å². The van der Waals surface area contributed by atoms with Crippen molar-refractivity contribution in [2.45, 2.75) is 37.0 Å². The van der Waals surface area contributed by atoms with Crippen molar-refractivity contribution in [2.75, 3.05) is 12.9 Å². The average molecular weight is 379 g/mol. The molecule has 0 radical (unpaired) electrons. The van der Waals surface area contributed by atoms with Crippen molar-refractivity contribution in [1.82, 2.24) is 0 Å². The van der Waals surface area contributed by atoms with Crippen molar-refractivity contribution >= 4 is 21.5 Å². The van der Waals surface area contributed by atoms with Crippen LogP contribution in [0.15, 0.2) is 29.4 Å². The Morgan fingerprint density at radius 1 is 1.38 bits per heavy atom. The molecular weight excluding hydrogens is 358 g/mol. The van der Waals surface area contributed by atoms with Crippen LogP contribution < -0.4 is 0 Å². The van der Waals surface area contributed by atoms with E-state index >= 15 is 0 Å². The van der Waals surface area contributed by atoms with E-state index in [1.807, 2.05) is 24.3 Å². The molecule has 0 saturated carbocycles. The summed E-state index contributed by atoms with van der Waals surface area (Å²) in [5.74, 6) is 4.35.